The predicted molar refractivity (Wildman–Crippen MR) is 123 cm³/mol. The van der Waals surface area contributed by atoms with Crippen LogP contribution in [0.4, 0.5) is 16.2 Å². The summed E-state index contributed by atoms with van der Waals surface area (Å²) >= 11 is 0. The van der Waals surface area contributed by atoms with Crippen molar-refractivity contribution in [3.63, 3.8) is 0 Å². The fraction of sp³-hybridized carbons (Fsp3) is 0.417. The van der Waals surface area contributed by atoms with Gasteiger partial charge >= 0.3 is 6.03 Å². The summed E-state index contributed by atoms with van der Waals surface area (Å²) in [6.45, 7) is 6.26. The van der Waals surface area contributed by atoms with E-state index in [9.17, 15) is 9.59 Å². The Morgan fingerprint density at radius 2 is 1.68 bits per heavy atom. The Hall–Kier alpha value is -3.06. The molecule has 0 aliphatic carbocycles. The van der Waals surface area contributed by atoms with Gasteiger partial charge < -0.3 is 25.2 Å². The molecule has 1 aliphatic rings. The molecule has 2 aromatic carbocycles. The Morgan fingerprint density at radius 1 is 0.968 bits per heavy atom. The van der Waals surface area contributed by atoms with Crippen molar-refractivity contribution in [2.75, 3.05) is 49.5 Å². The highest BCUT2D eigenvalue weighted by atomic mass is 16.5. The summed E-state index contributed by atoms with van der Waals surface area (Å²) in [4.78, 5) is 28.4. The lowest BCUT2D eigenvalue weighted by Gasteiger charge is -2.36. The van der Waals surface area contributed by atoms with Crippen molar-refractivity contribution in [1.82, 2.24) is 10.2 Å². The van der Waals surface area contributed by atoms with Crippen LogP contribution in [-0.4, -0.2) is 56.2 Å². The molecule has 3 amide bonds. The summed E-state index contributed by atoms with van der Waals surface area (Å²) in [5.74, 6) is -0.175. The summed E-state index contributed by atoms with van der Waals surface area (Å²) in [6.07, 6.45) is 2.08. The van der Waals surface area contributed by atoms with Crippen molar-refractivity contribution >= 4 is 23.3 Å². The van der Waals surface area contributed by atoms with Gasteiger partial charge in [0.15, 0.2) is 0 Å². The van der Waals surface area contributed by atoms with Crippen LogP contribution in [0.15, 0.2) is 54.6 Å². The van der Waals surface area contributed by atoms with Gasteiger partial charge in [0, 0.05) is 44.1 Å². The van der Waals surface area contributed by atoms with Crippen LogP contribution in [0, 0.1) is 0 Å². The van der Waals surface area contributed by atoms with Gasteiger partial charge in [0.05, 0.1) is 6.61 Å². The number of nitrogens with one attached hydrogen (secondary N) is 2. The zero-order valence-electron chi connectivity index (χ0n) is 18.2. The molecule has 3 rings (SSSR count). The van der Waals surface area contributed by atoms with Crippen LogP contribution in [0.2, 0.25) is 0 Å². The molecule has 0 bridgehead atoms. The highest BCUT2D eigenvalue weighted by Gasteiger charge is 2.20. The fourth-order valence-electron chi connectivity index (χ4n) is 3.44. The van der Waals surface area contributed by atoms with Gasteiger partial charge in [0.25, 0.3) is 0 Å². The molecule has 1 heterocycles. The van der Waals surface area contributed by atoms with Crippen LogP contribution in [0.25, 0.3) is 0 Å². The molecule has 1 fully saturated rings. The number of carbonyl (C=O) groups excluding carboxylic acids is 2. The zero-order chi connectivity index (χ0) is 21.9. The summed E-state index contributed by atoms with van der Waals surface area (Å²) < 4.78 is 5.48. The number of anilines is 2. The third-order valence-corrected chi connectivity index (χ3v) is 5.23. The maximum absolute atomic E-state index is 12.2. The maximum atomic E-state index is 12.2. The quantitative estimate of drug-likeness (QED) is 0.605. The summed E-state index contributed by atoms with van der Waals surface area (Å²) in [7, 11) is 0. The normalized spacial score (nSPS) is 13.7. The van der Waals surface area contributed by atoms with Crippen LogP contribution in [0.5, 0.6) is 0 Å². The number of ether oxygens (including phenoxy) is 1. The van der Waals surface area contributed by atoms with Gasteiger partial charge in [-0.2, -0.15) is 0 Å². The minimum Gasteiger partial charge on any atom is -0.368 e. The Morgan fingerprint density at radius 3 is 2.35 bits per heavy atom. The topological polar surface area (TPSA) is 73.9 Å². The van der Waals surface area contributed by atoms with E-state index in [4.69, 9.17) is 4.74 Å². The van der Waals surface area contributed by atoms with Gasteiger partial charge in [-0.15, -0.1) is 0 Å². The van der Waals surface area contributed by atoms with Crippen molar-refractivity contribution in [1.29, 1.82) is 0 Å². The van der Waals surface area contributed by atoms with Gasteiger partial charge in [-0.3, -0.25) is 4.79 Å². The Balaban J connectivity index is 1.39. The van der Waals surface area contributed by atoms with Gasteiger partial charge in [-0.1, -0.05) is 43.7 Å². The Labute approximate surface area is 184 Å². The molecule has 1 saturated heterocycles. The largest absolute Gasteiger partial charge is 0.368 e. The van der Waals surface area contributed by atoms with Crippen molar-refractivity contribution < 1.29 is 14.3 Å². The first-order valence-corrected chi connectivity index (χ1v) is 10.9. The van der Waals surface area contributed by atoms with Crippen LogP contribution < -0.4 is 15.5 Å². The van der Waals surface area contributed by atoms with E-state index in [-0.39, 0.29) is 18.5 Å². The molecular formula is C24H32N4O3. The highest BCUT2D eigenvalue weighted by Crippen LogP contribution is 2.19. The molecule has 2 N–H and O–H groups in total. The van der Waals surface area contributed by atoms with Gasteiger partial charge in [-0.25, -0.2) is 4.79 Å². The molecule has 0 atom stereocenters. The van der Waals surface area contributed by atoms with Crippen molar-refractivity contribution in [2.45, 2.75) is 26.4 Å². The van der Waals surface area contributed by atoms with E-state index in [1.807, 2.05) is 59.5 Å². The molecule has 7 nitrogen and oxygen atoms in total. The molecule has 0 aromatic heterocycles. The van der Waals surface area contributed by atoms with Crippen LogP contribution in [0.3, 0.4) is 0 Å². The number of carbonyl (C=O) groups is 2. The standard InChI is InChI=1S/C24H32N4O3/c1-2-3-13-25-24(30)28-16-14-27(15-17-28)22-11-9-21(10-12-22)26-23(29)19-31-18-20-7-5-4-6-8-20/h4-12H,2-3,13-19H2,1H3,(H,25,30)(H,26,29). The molecule has 7 heteroatoms. The van der Waals surface area contributed by atoms with Crippen LogP contribution in [0.1, 0.15) is 25.3 Å². The smallest absolute Gasteiger partial charge is 0.317 e. The van der Waals surface area contributed by atoms with E-state index in [0.717, 1.165) is 49.4 Å². The van der Waals surface area contributed by atoms with Gasteiger partial charge in [0.2, 0.25) is 5.91 Å². The first kappa shape index (κ1) is 22.6. The van der Waals surface area contributed by atoms with E-state index >= 15 is 0 Å². The van der Waals surface area contributed by atoms with Gasteiger partial charge in [-0.05, 0) is 36.2 Å². The Kier molecular flexibility index (Phi) is 8.72. The van der Waals surface area contributed by atoms with E-state index in [0.29, 0.717) is 19.7 Å². The zero-order valence-corrected chi connectivity index (χ0v) is 18.2. The molecule has 1 aliphatic heterocycles. The molecule has 166 valence electrons. The summed E-state index contributed by atoms with van der Waals surface area (Å²) in [5.41, 5.74) is 2.87. The van der Waals surface area contributed by atoms with E-state index < -0.39 is 0 Å². The maximum Gasteiger partial charge on any atom is 0.317 e. The van der Waals surface area contributed by atoms with Crippen LogP contribution in [-0.2, 0) is 16.1 Å². The second-order valence-electron chi connectivity index (χ2n) is 7.63. The van der Waals surface area contributed by atoms with E-state index in [1.54, 1.807) is 0 Å². The lowest BCUT2D eigenvalue weighted by Crippen LogP contribution is -2.52. The summed E-state index contributed by atoms with van der Waals surface area (Å²) in [5, 5.41) is 5.84. The predicted octanol–water partition coefficient (Wildman–Crippen LogP) is 3.47. The molecule has 0 radical (unpaired) electrons. The van der Waals surface area contributed by atoms with E-state index in [2.05, 4.69) is 22.5 Å². The highest BCUT2D eigenvalue weighted by molar-refractivity contribution is 5.91. The molecule has 31 heavy (non-hydrogen) atoms. The summed E-state index contributed by atoms with van der Waals surface area (Å²) in [6, 6.07) is 17.6. The third-order valence-electron chi connectivity index (χ3n) is 5.23. The number of rotatable bonds is 9. The van der Waals surface area contributed by atoms with Gasteiger partial charge in [0.1, 0.15) is 6.61 Å². The number of benzene rings is 2. The third kappa shape index (κ3) is 7.29. The first-order valence-electron chi connectivity index (χ1n) is 10.9. The lowest BCUT2D eigenvalue weighted by atomic mass is 10.2. The molecule has 0 spiro atoms. The number of amides is 3. The SMILES string of the molecule is CCCCNC(=O)N1CCN(c2ccc(NC(=O)COCc3ccccc3)cc2)CC1. The second-order valence-corrected chi connectivity index (χ2v) is 7.63. The number of piperazine rings is 1. The number of hydrogen-bond donors (Lipinski definition) is 2. The average molecular weight is 425 g/mol. The number of nitrogens with zero attached hydrogens (tertiary/aromatic N) is 2. The minimum atomic E-state index is -0.175. The van der Waals surface area contributed by atoms with Crippen molar-refractivity contribution in [3.05, 3.63) is 60.2 Å². The number of hydrogen-bond acceptors (Lipinski definition) is 4. The first-order chi connectivity index (χ1) is 15.2. The average Bonchev–Trinajstić information content (AvgIpc) is 2.80. The second kappa shape index (κ2) is 12.0. The molecule has 0 saturated carbocycles. The van der Waals surface area contributed by atoms with E-state index in [1.165, 1.54) is 0 Å². The van der Waals surface area contributed by atoms with Crippen molar-refractivity contribution in [3.8, 4) is 0 Å². The fourth-order valence-corrected chi connectivity index (χ4v) is 3.44. The van der Waals surface area contributed by atoms with Crippen LogP contribution >= 0.6 is 0 Å². The number of urea groups is 1. The number of unbranched alkanes of at least 4 members (excludes halogenated alkanes) is 1. The van der Waals surface area contributed by atoms with Crippen molar-refractivity contribution in [2.24, 2.45) is 0 Å². The molecule has 2 aromatic rings. The monoisotopic (exact) mass is 424 g/mol. The molecular weight excluding hydrogens is 392 g/mol. The lowest BCUT2D eigenvalue weighted by molar-refractivity contribution is -0.121. The Bertz CT molecular complexity index is 818. The molecule has 0 unspecified atom stereocenters. The minimum absolute atomic E-state index is 0.0128.